The molecule has 1 aliphatic heterocycles. The smallest absolute Gasteiger partial charge is 0.337 e. The van der Waals surface area contributed by atoms with Crippen LogP contribution >= 0.6 is 0 Å². The number of alkyl halides is 3. The number of amides is 1. The van der Waals surface area contributed by atoms with Gasteiger partial charge in [0, 0.05) is 18.5 Å². The summed E-state index contributed by atoms with van der Waals surface area (Å²) in [6, 6.07) is 10.3. The van der Waals surface area contributed by atoms with Crippen LogP contribution in [0.1, 0.15) is 47.0 Å². The first-order valence-electron chi connectivity index (χ1n) is 9.59. The Hall–Kier alpha value is -3.16. The summed E-state index contributed by atoms with van der Waals surface area (Å²) in [6.45, 7) is 4.46. The highest BCUT2D eigenvalue weighted by atomic mass is 19.4. The van der Waals surface area contributed by atoms with Gasteiger partial charge in [-0.1, -0.05) is 41.1 Å². The summed E-state index contributed by atoms with van der Waals surface area (Å²) in [7, 11) is 0. The van der Waals surface area contributed by atoms with Gasteiger partial charge in [-0.15, -0.1) is 0 Å². The maximum Gasteiger partial charge on any atom is 0.416 e. The van der Waals surface area contributed by atoms with Gasteiger partial charge < -0.3 is 9.42 Å². The second kappa shape index (κ2) is 7.59. The molecule has 8 heteroatoms. The van der Waals surface area contributed by atoms with Crippen molar-refractivity contribution < 1.29 is 22.5 Å². The van der Waals surface area contributed by atoms with Crippen LogP contribution in [0.4, 0.5) is 13.2 Å². The average Bonchev–Trinajstić information content (AvgIpc) is 3.31. The van der Waals surface area contributed by atoms with Crippen molar-refractivity contribution in [3.8, 4) is 11.4 Å². The molecule has 30 heavy (non-hydrogen) atoms. The van der Waals surface area contributed by atoms with Gasteiger partial charge in [-0.25, -0.2) is 0 Å². The van der Waals surface area contributed by atoms with Crippen molar-refractivity contribution in [2.24, 2.45) is 0 Å². The Balaban J connectivity index is 1.56. The second-order valence-corrected chi connectivity index (χ2v) is 7.54. The number of carbonyl (C=O) groups excluding carboxylic acids is 1. The zero-order valence-electron chi connectivity index (χ0n) is 16.5. The number of carbonyl (C=O) groups is 1. The summed E-state index contributed by atoms with van der Waals surface area (Å²) in [5.74, 6) is 0.499. The number of hydrogen-bond acceptors (Lipinski definition) is 4. The summed E-state index contributed by atoms with van der Waals surface area (Å²) >= 11 is 0. The molecule has 1 atom stereocenters. The molecule has 3 aromatic rings. The van der Waals surface area contributed by atoms with Crippen LogP contribution in [-0.2, 0) is 17.5 Å². The summed E-state index contributed by atoms with van der Waals surface area (Å²) in [5, 5.41) is 3.91. The summed E-state index contributed by atoms with van der Waals surface area (Å²) in [6.07, 6.45) is -3.47. The fraction of sp³-hybridized carbons (Fsp3) is 0.318. The van der Waals surface area contributed by atoms with Crippen LogP contribution in [0.5, 0.6) is 0 Å². The Morgan fingerprint density at radius 3 is 2.53 bits per heavy atom. The van der Waals surface area contributed by atoms with E-state index in [2.05, 4.69) is 16.2 Å². The molecule has 0 bridgehead atoms. The fourth-order valence-electron chi connectivity index (χ4n) is 3.69. The molecule has 1 unspecified atom stereocenters. The monoisotopic (exact) mass is 415 g/mol. The van der Waals surface area contributed by atoms with Crippen LogP contribution in [0.25, 0.3) is 11.4 Å². The predicted octanol–water partition coefficient (Wildman–Crippen LogP) is 5.24. The lowest BCUT2D eigenvalue weighted by Crippen LogP contribution is -2.27. The topological polar surface area (TPSA) is 59.2 Å². The number of halogens is 3. The minimum Gasteiger partial charge on any atom is -0.337 e. The maximum absolute atomic E-state index is 12.8. The number of hydrogen-bond donors (Lipinski definition) is 0. The van der Waals surface area contributed by atoms with Crippen LogP contribution in [-0.4, -0.2) is 20.9 Å². The second-order valence-electron chi connectivity index (χ2n) is 7.54. The quantitative estimate of drug-likeness (QED) is 0.585. The molecule has 0 saturated carbocycles. The first-order valence-corrected chi connectivity index (χ1v) is 9.59. The first-order chi connectivity index (χ1) is 14.2. The van der Waals surface area contributed by atoms with E-state index in [0.717, 1.165) is 28.8 Å². The standard InChI is InChI=1S/C22H20F3N3O2/c1-13-3-4-16(14(2)11-13)12-28-18(9-10-19(28)29)21-26-20(27-30-21)15-5-7-17(8-6-15)22(23,24)25/h3-8,11,18H,9-10,12H2,1-2H3. The van der Waals surface area contributed by atoms with E-state index in [-0.39, 0.29) is 17.8 Å². The van der Waals surface area contributed by atoms with E-state index in [1.807, 2.05) is 26.0 Å². The molecule has 0 N–H and O–H groups in total. The molecular formula is C22H20F3N3O2. The Kier molecular flexibility index (Phi) is 5.09. The van der Waals surface area contributed by atoms with Gasteiger partial charge in [0.2, 0.25) is 17.6 Å². The Bertz CT molecular complexity index is 1070. The number of rotatable bonds is 4. The number of likely N-dealkylation sites (tertiary alicyclic amines) is 1. The van der Waals surface area contributed by atoms with Crippen LogP contribution in [0, 0.1) is 13.8 Å². The van der Waals surface area contributed by atoms with Gasteiger partial charge in [0.25, 0.3) is 0 Å². The average molecular weight is 415 g/mol. The molecule has 2 aromatic carbocycles. The van der Waals surface area contributed by atoms with Crippen LogP contribution in [0.3, 0.4) is 0 Å². The molecule has 1 saturated heterocycles. The SMILES string of the molecule is Cc1ccc(CN2C(=O)CCC2c2nc(-c3ccc(C(F)(F)F)cc3)no2)c(C)c1. The van der Waals surface area contributed by atoms with E-state index in [1.54, 1.807) is 4.90 Å². The summed E-state index contributed by atoms with van der Waals surface area (Å²) in [5.41, 5.74) is 2.98. The van der Waals surface area contributed by atoms with Crippen LogP contribution < -0.4 is 0 Å². The van der Waals surface area contributed by atoms with E-state index < -0.39 is 11.7 Å². The van der Waals surface area contributed by atoms with Crippen LogP contribution in [0.2, 0.25) is 0 Å². The fourth-order valence-corrected chi connectivity index (χ4v) is 3.69. The Morgan fingerprint density at radius 2 is 1.87 bits per heavy atom. The Morgan fingerprint density at radius 1 is 1.13 bits per heavy atom. The predicted molar refractivity (Wildman–Crippen MR) is 103 cm³/mol. The van der Waals surface area contributed by atoms with E-state index in [4.69, 9.17) is 4.52 Å². The highest BCUT2D eigenvalue weighted by Crippen LogP contribution is 2.35. The molecule has 0 radical (unpaired) electrons. The van der Waals surface area contributed by atoms with Gasteiger partial charge >= 0.3 is 6.18 Å². The van der Waals surface area contributed by atoms with Crippen molar-refractivity contribution in [1.82, 2.24) is 15.0 Å². The molecule has 2 heterocycles. The van der Waals surface area contributed by atoms with E-state index in [0.29, 0.717) is 30.8 Å². The van der Waals surface area contributed by atoms with Crippen molar-refractivity contribution >= 4 is 5.91 Å². The summed E-state index contributed by atoms with van der Waals surface area (Å²) < 4.78 is 43.6. The molecule has 0 aliphatic carbocycles. The van der Waals surface area contributed by atoms with Crippen molar-refractivity contribution in [2.45, 2.75) is 45.5 Å². The zero-order chi connectivity index (χ0) is 21.5. The third kappa shape index (κ3) is 3.94. The molecular weight excluding hydrogens is 395 g/mol. The first kappa shape index (κ1) is 20.1. The third-order valence-electron chi connectivity index (χ3n) is 5.36. The number of nitrogens with zero attached hydrogens (tertiary/aromatic N) is 3. The zero-order valence-corrected chi connectivity index (χ0v) is 16.5. The lowest BCUT2D eigenvalue weighted by atomic mass is 10.0. The highest BCUT2D eigenvalue weighted by Gasteiger charge is 2.36. The van der Waals surface area contributed by atoms with Gasteiger partial charge in [-0.05, 0) is 43.5 Å². The molecule has 1 aromatic heterocycles. The lowest BCUT2D eigenvalue weighted by Gasteiger charge is -2.23. The van der Waals surface area contributed by atoms with E-state index >= 15 is 0 Å². The van der Waals surface area contributed by atoms with Crippen molar-refractivity contribution in [3.05, 3.63) is 70.6 Å². The maximum atomic E-state index is 12.8. The van der Waals surface area contributed by atoms with Gasteiger partial charge in [0.1, 0.15) is 6.04 Å². The normalized spacial score (nSPS) is 17.0. The van der Waals surface area contributed by atoms with Crippen molar-refractivity contribution in [2.75, 3.05) is 0 Å². The van der Waals surface area contributed by atoms with Gasteiger partial charge in [0.05, 0.1) is 5.56 Å². The third-order valence-corrected chi connectivity index (χ3v) is 5.36. The molecule has 1 amide bonds. The van der Waals surface area contributed by atoms with Crippen molar-refractivity contribution in [3.63, 3.8) is 0 Å². The number of aryl methyl sites for hydroxylation is 2. The molecule has 4 rings (SSSR count). The molecule has 0 spiro atoms. The number of aromatic nitrogens is 2. The van der Waals surface area contributed by atoms with Gasteiger partial charge in [0.15, 0.2) is 0 Å². The minimum absolute atomic E-state index is 0.00857. The molecule has 156 valence electrons. The number of benzene rings is 2. The van der Waals surface area contributed by atoms with Gasteiger partial charge in [-0.2, -0.15) is 18.2 Å². The summed E-state index contributed by atoms with van der Waals surface area (Å²) in [4.78, 5) is 18.6. The Labute approximate surface area is 171 Å². The minimum atomic E-state index is -4.40. The largest absolute Gasteiger partial charge is 0.416 e. The van der Waals surface area contributed by atoms with Crippen LogP contribution in [0.15, 0.2) is 47.0 Å². The lowest BCUT2D eigenvalue weighted by molar-refractivity contribution is -0.137. The molecule has 5 nitrogen and oxygen atoms in total. The molecule has 1 fully saturated rings. The van der Waals surface area contributed by atoms with E-state index in [1.165, 1.54) is 12.1 Å². The van der Waals surface area contributed by atoms with E-state index in [9.17, 15) is 18.0 Å². The highest BCUT2D eigenvalue weighted by molar-refractivity contribution is 5.79. The van der Waals surface area contributed by atoms with Crippen molar-refractivity contribution in [1.29, 1.82) is 0 Å². The van der Waals surface area contributed by atoms with Gasteiger partial charge in [-0.3, -0.25) is 4.79 Å². The molecule has 1 aliphatic rings.